The lowest BCUT2D eigenvalue weighted by atomic mass is 10.1. The fourth-order valence-electron chi connectivity index (χ4n) is 1.86. The van der Waals surface area contributed by atoms with Gasteiger partial charge in [0.2, 0.25) is 5.91 Å². The third-order valence-corrected chi connectivity index (χ3v) is 2.79. The van der Waals surface area contributed by atoms with Crippen LogP contribution in [0.25, 0.3) is 0 Å². The van der Waals surface area contributed by atoms with Gasteiger partial charge >= 0.3 is 0 Å². The van der Waals surface area contributed by atoms with Gasteiger partial charge in [-0.15, -0.1) is 6.58 Å². The molecule has 1 amide bonds. The lowest BCUT2D eigenvalue weighted by Gasteiger charge is -2.24. The first-order valence-electron chi connectivity index (χ1n) is 6.38. The number of amides is 1. The van der Waals surface area contributed by atoms with Crippen molar-refractivity contribution in [3.63, 3.8) is 0 Å². The minimum atomic E-state index is -0.404. The molecule has 98 valence electrons. The van der Waals surface area contributed by atoms with E-state index in [1.807, 2.05) is 37.3 Å². The Bertz CT molecular complexity index is 375. The topological polar surface area (TPSA) is 46.3 Å². The largest absolute Gasteiger partial charge is 0.333 e. The summed E-state index contributed by atoms with van der Waals surface area (Å²) in [6.07, 6.45) is 3.38. The highest BCUT2D eigenvalue weighted by Gasteiger charge is 2.19. The fraction of sp³-hybridized carbons (Fsp3) is 0.400. The zero-order valence-electron chi connectivity index (χ0n) is 11.0. The Morgan fingerprint density at radius 1 is 1.44 bits per heavy atom. The van der Waals surface area contributed by atoms with Gasteiger partial charge in [0.05, 0.1) is 6.04 Å². The molecule has 0 saturated heterocycles. The average Bonchev–Trinajstić information content (AvgIpc) is 2.39. The number of hydrogen-bond acceptors (Lipinski definition) is 2. The number of nitrogens with zero attached hydrogens (tertiary/aromatic N) is 1. The van der Waals surface area contributed by atoms with Gasteiger partial charge in [0.15, 0.2) is 0 Å². The van der Waals surface area contributed by atoms with Crippen LogP contribution in [-0.2, 0) is 11.3 Å². The summed E-state index contributed by atoms with van der Waals surface area (Å²) in [5, 5.41) is 0. The molecule has 1 aromatic carbocycles. The second-order valence-corrected chi connectivity index (χ2v) is 4.39. The SMILES string of the molecule is C=CCN(Cc1ccccc1)C(=O)C(N)CCC. The summed E-state index contributed by atoms with van der Waals surface area (Å²) in [5.41, 5.74) is 6.99. The van der Waals surface area contributed by atoms with Gasteiger partial charge in [-0.05, 0) is 12.0 Å². The molecule has 0 fully saturated rings. The lowest BCUT2D eigenvalue weighted by Crippen LogP contribution is -2.43. The van der Waals surface area contributed by atoms with Crippen molar-refractivity contribution in [2.75, 3.05) is 6.54 Å². The van der Waals surface area contributed by atoms with E-state index in [0.717, 1.165) is 18.4 Å². The van der Waals surface area contributed by atoms with Gasteiger partial charge in [-0.1, -0.05) is 49.8 Å². The van der Waals surface area contributed by atoms with Crippen molar-refractivity contribution >= 4 is 5.91 Å². The molecule has 0 heterocycles. The van der Waals surface area contributed by atoms with Crippen molar-refractivity contribution in [3.05, 3.63) is 48.6 Å². The minimum absolute atomic E-state index is 0.000558. The summed E-state index contributed by atoms with van der Waals surface area (Å²) in [7, 11) is 0. The van der Waals surface area contributed by atoms with Gasteiger partial charge in [-0.2, -0.15) is 0 Å². The Balaban J connectivity index is 2.70. The minimum Gasteiger partial charge on any atom is -0.333 e. The van der Waals surface area contributed by atoms with E-state index in [9.17, 15) is 4.79 Å². The van der Waals surface area contributed by atoms with E-state index < -0.39 is 6.04 Å². The number of carbonyl (C=O) groups excluding carboxylic acids is 1. The first-order chi connectivity index (χ1) is 8.69. The summed E-state index contributed by atoms with van der Waals surface area (Å²) >= 11 is 0. The maximum atomic E-state index is 12.2. The van der Waals surface area contributed by atoms with Crippen LogP contribution in [0.5, 0.6) is 0 Å². The molecule has 0 aliphatic rings. The maximum absolute atomic E-state index is 12.2. The van der Waals surface area contributed by atoms with E-state index in [-0.39, 0.29) is 5.91 Å². The van der Waals surface area contributed by atoms with Crippen LogP contribution < -0.4 is 5.73 Å². The Kier molecular flexibility index (Phi) is 6.15. The first kappa shape index (κ1) is 14.5. The fourth-order valence-corrected chi connectivity index (χ4v) is 1.86. The molecule has 0 saturated carbocycles. The van der Waals surface area contributed by atoms with Crippen LogP contribution in [0.3, 0.4) is 0 Å². The van der Waals surface area contributed by atoms with Crippen LogP contribution in [0.15, 0.2) is 43.0 Å². The maximum Gasteiger partial charge on any atom is 0.240 e. The summed E-state index contributed by atoms with van der Waals surface area (Å²) in [5.74, 6) is 0.000558. The number of rotatable bonds is 7. The van der Waals surface area contributed by atoms with Crippen molar-refractivity contribution in [1.82, 2.24) is 4.90 Å². The van der Waals surface area contributed by atoms with Gasteiger partial charge < -0.3 is 10.6 Å². The van der Waals surface area contributed by atoms with Crippen molar-refractivity contribution < 1.29 is 4.79 Å². The molecule has 1 rings (SSSR count). The van der Waals surface area contributed by atoms with Crippen LogP contribution in [0.1, 0.15) is 25.3 Å². The van der Waals surface area contributed by atoms with Crippen molar-refractivity contribution in [2.45, 2.75) is 32.4 Å². The molecular weight excluding hydrogens is 224 g/mol. The highest BCUT2D eigenvalue weighted by atomic mass is 16.2. The van der Waals surface area contributed by atoms with Gasteiger partial charge in [-0.3, -0.25) is 4.79 Å². The number of nitrogens with two attached hydrogens (primary N) is 1. The molecule has 0 spiro atoms. The van der Waals surface area contributed by atoms with Gasteiger partial charge in [0.1, 0.15) is 0 Å². The van der Waals surface area contributed by atoms with Crippen LogP contribution in [-0.4, -0.2) is 23.4 Å². The molecule has 1 unspecified atom stereocenters. The molecule has 0 radical (unpaired) electrons. The molecule has 3 heteroatoms. The first-order valence-corrected chi connectivity index (χ1v) is 6.38. The molecule has 3 nitrogen and oxygen atoms in total. The lowest BCUT2D eigenvalue weighted by molar-refractivity contribution is -0.132. The Hall–Kier alpha value is -1.61. The predicted octanol–water partition coefficient (Wildman–Crippen LogP) is 2.33. The summed E-state index contributed by atoms with van der Waals surface area (Å²) in [6.45, 7) is 6.84. The van der Waals surface area contributed by atoms with Gasteiger partial charge in [0, 0.05) is 13.1 Å². The second-order valence-electron chi connectivity index (χ2n) is 4.39. The number of carbonyl (C=O) groups is 1. The van der Waals surface area contributed by atoms with Crippen LogP contribution in [0.4, 0.5) is 0 Å². The van der Waals surface area contributed by atoms with E-state index in [2.05, 4.69) is 6.58 Å². The molecule has 0 aliphatic heterocycles. The molecule has 2 N–H and O–H groups in total. The van der Waals surface area contributed by atoms with Crippen LogP contribution >= 0.6 is 0 Å². The third kappa shape index (κ3) is 4.34. The highest BCUT2D eigenvalue weighted by Crippen LogP contribution is 2.07. The van der Waals surface area contributed by atoms with Crippen molar-refractivity contribution in [1.29, 1.82) is 0 Å². The molecule has 0 aliphatic carbocycles. The third-order valence-electron chi connectivity index (χ3n) is 2.79. The monoisotopic (exact) mass is 246 g/mol. The average molecular weight is 246 g/mol. The van der Waals surface area contributed by atoms with E-state index in [1.54, 1.807) is 11.0 Å². The Morgan fingerprint density at radius 2 is 2.11 bits per heavy atom. The predicted molar refractivity (Wildman–Crippen MR) is 74.9 cm³/mol. The molecule has 0 bridgehead atoms. The van der Waals surface area contributed by atoms with E-state index in [4.69, 9.17) is 5.73 Å². The van der Waals surface area contributed by atoms with Gasteiger partial charge in [0.25, 0.3) is 0 Å². The zero-order valence-corrected chi connectivity index (χ0v) is 11.0. The summed E-state index contributed by atoms with van der Waals surface area (Å²) in [6, 6.07) is 9.52. The summed E-state index contributed by atoms with van der Waals surface area (Å²) in [4.78, 5) is 13.9. The normalized spacial score (nSPS) is 11.9. The molecule has 1 aromatic rings. The Labute approximate surface area is 109 Å². The second kappa shape index (κ2) is 7.67. The summed E-state index contributed by atoms with van der Waals surface area (Å²) < 4.78 is 0. The molecular formula is C15H22N2O. The van der Waals surface area contributed by atoms with Crippen LogP contribution in [0, 0.1) is 0 Å². The Morgan fingerprint density at radius 3 is 2.67 bits per heavy atom. The molecule has 18 heavy (non-hydrogen) atoms. The van der Waals surface area contributed by atoms with E-state index in [0.29, 0.717) is 13.1 Å². The number of hydrogen-bond donors (Lipinski definition) is 1. The van der Waals surface area contributed by atoms with Crippen molar-refractivity contribution in [2.24, 2.45) is 5.73 Å². The smallest absolute Gasteiger partial charge is 0.240 e. The zero-order chi connectivity index (χ0) is 13.4. The number of benzene rings is 1. The van der Waals surface area contributed by atoms with Crippen molar-refractivity contribution in [3.8, 4) is 0 Å². The molecule has 0 aromatic heterocycles. The standard InChI is InChI=1S/C15H22N2O/c1-3-8-14(16)15(18)17(11-4-2)12-13-9-6-5-7-10-13/h4-7,9-10,14H,2-3,8,11-12,16H2,1H3. The molecule has 1 atom stereocenters. The van der Waals surface area contributed by atoms with Gasteiger partial charge in [-0.25, -0.2) is 0 Å². The highest BCUT2D eigenvalue weighted by molar-refractivity contribution is 5.81. The van der Waals surface area contributed by atoms with E-state index >= 15 is 0 Å². The van der Waals surface area contributed by atoms with Crippen LogP contribution in [0.2, 0.25) is 0 Å². The van der Waals surface area contributed by atoms with E-state index in [1.165, 1.54) is 0 Å². The quantitative estimate of drug-likeness (QED) is 0.751.